The lowest BCUT2D eigenvalue weighted by atomic mass is 10.0. The van der Waals surface area contributed by atoms with E-state index < -0.39 is 0 Å². The van der Waals surface area contributed by atoms with Gasteiger partial charge in [-0.25, -0.2) is 0 Å². The molecule has 0 amide bonds. The maximum absolute atomic E-state index is 5.34. The quantitative estimate of drug-likeness (QED) is 0.713. The van der Waals surface area contributed by atoms with Crippen molar-refractivity contribution in [3.05, 3.63) is 5.89 Å². The highest BCUT2D eigenvalue weighted by Gasteiger charge is 2.20. The van der Waals surface area contributed by atoms with Gasteiger partial charge in [-0.05, 0) is 24.3 Å². The van der Waals surface area contributed by atoms with Crippen LogP contribution in [0.25, 0.3) is 0 Å². The molecule has 12 heavy (non-hydrogen) atoms. The van der Waals surface area contributed by atoms with Crippen LogP contribution < -0.4 is 5.73 Å². The number of hydrogen-bond acceptors (Lipinski definition) is 5. The molecular weight excluding hydrogens is 174 g/mol. The van der Waals surface area contributed by atoms with Crippen molar-refractivity contribution >= 4 is 17.8 Å². The first-order chi connectivity index (χ1) is 5.86. The Bertz CT molecular complexity index is 257. The Morgan fingerprint density at radius 2 is 2.08 bits per heavy atom. The second kappa shape index (κ2) is 3.35. The van der Waals surface area contributed by atoms with Gasteiger partial charge in [0, 0.05) is 5.92 Å². The van der Waals surface area contributed by atoms with Crippen LogP contribution in [0.15, 0.2) is 4.42 Å². The zero-order valence-electron chi connectivity index (χ0n) is 6.69. The maximum Gasteiger partial charge on any atom is 0.312 e. The van der Waals surface area contributed by atoms with Crippen molar-refractivity contribution in [3.63, 3.8) is 0 Å². The van der Waals surface area contributed by atoms with Crippen LogP contribution in [0.1, 0.15) is 24.7 Å². The zero-order chi connectivity index (χ0) is 8.39. The second-order valence-corrected chi connectivity index (χ2v) is 4.09. The Balaban J connectivity index is 2.08. The van der Waals surface area contributed by atoms with E-state index in [2.05, 4.69) is 10.2 Å². The summed E-state index contributed by atoms with van der Waals surface area (Å²) in [5, 5.41) is 7.53. The van der Waals surface area contributed by atoms with Crippen LogP contribution in [-0.4, -0.2) is 21.7 Å². The molecule has 1 saturated heterocycles. The van der Waals surface area contributed by atoms with Gasteiger partial charge in [0.1, 0.15) is 0 Å². The Hall–Kier alpha value is -0.710. The molecule has 4 nitrogen and oxygen atoms in total. The lowest BCUT2D eigenvalue weighted by Crippen LogP contribution is -2.07. The van der Waals surface area contributed by atoms with Crippen LogP contribution in [0.5, 0.6) is 0 Å². The number of nitrogens with two attached hydrogens (primary N) is 1. The Labute approximate surface area is 74.9 Å². The molecule has 0 bridgehead atoms. The number of nitrogen functional groups attached to an aromatic ring is 1. The number of anilines is 1. The fourth-order valence-electron chi connectivity index (χ4n) is 1.36. The summed E-state index contributed by atoms with van der Waals surface area (Å²) < 4.78 is 5.17. The van der Waals surface area contributed by atoms with Crippen molar-refractivity contribution in [2.45, 2.75) is 18.8 Å². The molecule has 1 fully saturated rings. The van der Waals surface area contributed by atoms with Gasteiger partial charge in [0.05, 0.1) is 0 Å². The molecule has 2 N–H and O–H groups in total. The van der Waals surface area contributed by atoms with Crippen molar-refractivity contribution in [1.82, 2.24) is 10.2 Å². The summed E-state index contributed by atoms with van der Waals surface area (Å²) in [6.45, 7) is 0. The first-order valence-electron chi connectivity index (χ1n) is 4.03. The van der Waals surface area contributed by atoms with Crippen LogP contribution in [0.3, 0.4) is 0 Å². The van der Waals surface area contributed by atoms with E-state index in [1.165, 1.54) is 11.5 Å². The standard InChI is InChI=1S/C7H11N3OS/c8-7-10-9-6(11-7)5-1-3-12-4-2-5/h5H,1-4H2,(H2,8,10). The van der Waals surface area contributed by atoms with Gasteiger partial charge in [-0.1, -0.05) is 5.10 Å². The molecule has 2 rings (SSSR count). The fourth-order valence-corrected chi connectivity index (χ4v) is 2.46. The van der Waals surface area contributed by atoms with Crippen LogP contribution >= 0.6 is 11.8 Å². The van der Waals surface area contributed by atoms with Gasteiger partial charge >= 0.3 is 6.01 Å². The molecule has 1 aliphatic heterocycles. The molecule has 0 aliphatic carbocycles. The molecule has 0 aromatic carbocycles. The molecule has 5 heteroatoms. The summed E-state index contributed by atoms with van der Waals surface area (Å²) in [6.07, 6.45) is 2.26. The monoisotopic (exact) mass is 185 g/mol. The Morgan fingerprint density at radius 3 is 2.67 bits per heavy atom. The van der Waals surface area contributed by atoms with E-state index in [0.717, 1.165) is 12.8 Å². The Kier molecular flexibility index (Phi) is 2.21. The third-order valence-corrected chi connectivity index (χ3v) is 3.08. The third kappa shape index (κ3) is 1.55. The second-order valence-electron chi connectivity index (χ2n) is 2.87. The van der Waals surface area contributed by atoms with Crippen molar-refractivity contribution in [1.29, 1.82) is 0 Å². The molecule has 1 aromatic heterocycles. The SMILES string of the molecule is Nc1nnc(C2CCSCC2)o1. The van der Waals surface area contributed by atoms with E-state index in [-0.39, 0.29) is 6.01 Å². The van der Waals surface area contributed by atoms with E-state index in [1.807, 2.05) is 11.8 Å². The van der Waals surface area contributed by atoms with E-state index in [9.17, 15) is 0 Å². The lowest BCUT2D eigenvalue weighted by molar-refractivity contribution is 0.441. The highest BCUT2D eigenvalue weighted by Crippen LogP contribution is 2.30. The highest BCUT2D eigenvalue weighted by molar-refractivity contribution is 7.99. The number of thioether (sulfide) groups is 1. The van der Waals surface area contributed by atoms with Gasteiger partial charge in [-0.3, -0.25) is 0 Å². The van der Waals surface area contributed by atoms with E-state index >= 15 is 0 Å². The zero-order valence-corrected chi connectivity index (χ0v) is 7.51. The largest absolute Gasteiger partial charge is 0.408 e. The third-order valence-electron chi connectivity index (χ3n) is 2.03. The number of aromatic nitrogens is 2. The maximum atomic E-state index is 5.34. The molecule has 0 unspecified atom stereocenters. The minimum Gasteiger partial charge on any atom is -0.408 e. The molecule has 2 heterocycles. The van der Waals surface area contributed by atoms with E-state index in [1.54, 1.807) is 0 Å². The van der Waals surface area contributed by atoms with Crippen LogP contribution in [0, 0.1) is 0 Å². The van der Waals surface area contributed by atoms with Crippen LogP contribution in [-0.2, 0) is 0 Å². The molecular formula is C7H11N3OS. The summed E-state index contributed by atoms with van der Waals surface area (Å²) in [7, 11) is 0. The number of hydrogen-bond donors (Lipinski definition) is 1. The lowest BCUT2D eigenvalue weighted by Gasteiger charge is -2.16. The van der Waals surface area contributed by atoms with Crippen molar-refractivity contribution in [2.24, 2.45) is 0 Å². The smallest absolute Gasteiger partial charge is 0.312 e. The van der Waals surface area contributed by atoms with Gasteiger partial charge in [0.25, 0.3) is 0 Å². The summed E-state index contributed by atoms with van der Waals surface area (Å²) >= 11 is 1.98. The summed E-state index contributed by atoms with van der Waals surface area (Å²) in [6, 6.07) is 0.184. The normalized spacial score (nSPS) is 19.7. The summed E-state index contributed by atoms with van der Waals surface area (Å²) in [4.78, 5) is 0. The predicted octanol–water partition coefficient (Wildman–Crippen LogP) is 1.26. The molecule has 0 atom stereocenters. The highest BCUT2D eigenvalue weighted by atomic mass is 32.2. The molecule has 0 radical (unpaired) electrons. The minimum atomic E-state index is 0.184. The predicted molar refractivity (Wildman–Crippen MR) is 48.0 cm³/mol. The molecule has 0 saturated carbocycles. The molecule has 1 aliphatic rings. The summed E-state index contributed by atoms with van der Waals surface area (Å²) in [5.74, 6) is 3.53. The first-order valence-corrected chi connectivity index (χ1v) is 5.18. The number of rotatable bonds is 1. The molecule has 0 spiro atoms. The van der Waals surface area contributed by atoms with Crippen molar-refractivity contribution < 1.29 is 4.42 Å². The van der Waals surface area contributed by atoms with Gasteiger partial charge in [-0.2, -0.15) is 11.8 Å². The molecule has 66 valence electrons. The van der Waals surface area contributed by atoms with Crippen molar-refractivity contribution in [3.8, 4) is 0 Å². The Morgan fingerprint density at radius 1 is 1.33 bits per heavy atom. The molecule has 1 aromatic rings. The van der Waals surface area contributed by atoms with Crippen LogP contribution in [0.2, 0.25) is 0 Å². The van der Waals surface area contributed by atoms with Crippen molar-refractivity contribution in [2.75, 3.05) is 17.2 Å². The fraction of sp³-hybridized carbons (Fsp3) is 0.714. The topological polar surface area (TPSA) is 64.9 Å². The first kappa shape index (κ1) is 7.91. The number of nitrogens with zero attached hydrogens (tertiary/aromatic N) is 2. The van der Waals surface area contributed by atoms with Gasteiger partial charge in [0.15, 0.2) is 0 Å². The minimum absolute atomic E-state index is 0.184. The van der Waals surface area contributed by atoms with Gasteiger partial charge in [-0.15, -0.1) is 5.10 Å². The van der Waals surface area contributed by atoms with E-state index in [4.69, 9.17) is 10.2 Å². The average molecular weight is 185 g/mol. The van der Waals surface area contributed by atoms with Gasteiger partial charge < -0.3 is 10.2 Å². The average Bonchev–Trinajstić information content (AvgIpc) is 2.54. The van der Waals surface area contributed by atoms with Crippen LogP contribution in [0.4, 0.5) is 6.01 Å². The van der Waals surface area contributed by atoms with Gasteiger partial charge in [0.2, 0.25) is 5.89 Å². The van der Waals surface area contributed by atoms with E-state index in [0.29, 0.717) is 11.8 Å². The summed E-state index contributed by atoms with van der Waals surface area (Å²) in [5.41, 5.74) is 5.34.